The number of carbonyl (C=O) groups is 2. The lowest BCUT2D eigenvalue weighted by molar-refractivity contribution is -0.148. The van der Waals surface area contributed by atoms with Crippen molar-refractivity contribution in [2.45, 2.75) is 19.3 Å². The van der Waals surface area contributed by atoms with Gasteiger partial charge < -0.3 is 9.47 Å². The van der Waals surface area contributed by atoms with Crippen molar-refractivity contribution >= 4 is 11.9 Å². The molecule has 82 valence electrons. The summed E-state index contributed by atoms with van der Waals surface area (Å²) in [6.45, 7) is 0. The molecule has 15 heavy (non-hydrogen) atoms. The third-order valence-electron chi connectivity index (χ3n) is 3.42. The molecule has 2 rings (SSSR count). The van der Waals surface area contributed by atoms with Crippen molar-refractivity contribution in [3.8, 4) is 0 Å². The van der Waals surface area contributed by atoms with Crippen molar-refractivity contribution in [3.05, 3.63) is 11.6 Å². The van der Waals surface area contributed by atoms with E-state index in [1.165, 1.54) is 14.2 Å². The molecule has 0 aromatic carbocycles. The van der Waals surface area contributed by atoms with Crippen molar-refractivity contribution in [1.82, 2.24) is 0 Å². The molecule has 2 aliphatic rings. The maximum absolute atomic E-state index is 11.5. The van der Waals surface area contributed by atoms with E-state index < -0.39 is 0 Å². The van der Waals surface area contributed by atoms with Gasteiger partial charge in [-0.15, -0.1) is 0 Å². The molecule has 0 bridgehead atoms. The number of methoxy groups -OCH3 is 2. The molecular formula is C11H14O4. The second-order valence-corrected chi connectivity index (χ2v) is 4.14. The molecule has 0 radical (unpaired) electrons. The fourth-order valence-corrected chi connectivity index (χ4v) is 2.36. The first-order valence-corrected chi connectivity index (χ1v) is 5.01. The third-order valence-corrected chi connectivity index (χ3v) is 3.42. The van der Waals surface area contributed by atoms with Gasteiger partial charge in [-0.25, -0.2) is 4.79 Å². The van der Waals surface area contributed by atoms with Crippen molar-refractivity contribution in [1.29, 1.82) is 0 Å². The van der Waals surface area contributed by atoms with Crippen LogP contribution >= 0.6 is 0 Å². The fraction of sp³-hybridized carbons (Fsp3) is 0.636. The summed E-state index contributed by atoms with van der Waals surface area (Å²) in [5.74, 6) is -0.249. The molecule has 0 amide bonds. The normalized spacial score (nSPS) is 32.4. The minimum Gasteiger partial charge on any atom is -0.469 e. The van der Waals surface area contributed by atoms with Gasteiger partial charge in [0.25, 0.3) is 0 Å². The molecule has 0 saturated heterocycles. The number of carbonyl (C=O) groups excluding carboxylic acids is 2. The van der Waals surface area contributed by atoms with E-state index in [9.17, 15) is 9.59 Å². The van der Waals surface area contributed by atoms with Crippen LogP contribution in [-0.4, -0.2) is 26.2 Å². The van der Waals surface area contributed by atoms with Gasteiger partial charge in [0.2, 0.25) is 0 Å². The zero-order valence-electron chi connectivity index (χ0n) is 8.91. The molecule has 0 aromatic rings. The molecule has 0 aliphatic heterocycles. The lowest BCUT2D eigenvalue weighted by atomic mass is 9.88. The highest BCUT2D eigenvalue weighted by atomic mass is 16.5. The van der Waals surface area contributed by atoms with Crippen LogP contribution in [-0.2, 0) is 19.1 Å². The number of hydrogen-bond donors (Lipinski definition) is 0. The van der Waals surface area contributed by atoms with Crippen LogP contribution in [0.1, 0.15) is 19.3 Å². The van der Waals surface area contributed by atoms with Crippen LogP contribution in [0.5, 0.6) is 0 Å². The SMILES string of the molecule is COC(=O)C1=CC2CC2(C(=O)OC)CC1. The highest BCUT2D eigenvalue weighted by molar-refractivity contribution is 5.90. The van der Waals surface area contributed by atoms with E-state index in [-0.39, 0.29) is 23.3 Å². The van der Waals surface area contributed by atoms with Crippen LogP contribution in [0.3, 0.4) is 0 Å². The Bertz CT molecular complexity index is 344. The van der Waals surface area contributed by atoms with Crippen molar-refractivity contribution in [3.63, 3.8) is 0 Å². The van der Waals surface area contributed by atoms with Crippen molar-refractivity contribution in [2.24, 2.45) is 11.3 Å². The number of esters is 2. The Morgan fingerprint density at radius 2 is 2.13 bits per heavy atom. The molecule has 4 nitrogen and oxygen atoms in total. The minimum absolute atomic E-state index is 0.146. The van der Waals surface area contributed by atoms with Gasteiger partial charge in [-0.2, -0.15) is 0 Å². The molecular weight excluding hydrogens is 196 g/mol. The highest BCUT2D eigenvalue weighted by Crippen LogP contribution is 2.60. The van der Waals surface area contributed by atoms with E-state index in [4.69, 9.17) is 4.74 Å². The standard InChI is InChI=1S/C11H14O4/c1-14-9(12)7-3-4-11(10(13)15-2)6-8(11)5-7/h5,8H,3-4,6H2,1-2H3. The Morgan fingerprint density at radius 3 is 2.67 bits per heavy atom. The Labute approximate surface area is 88.2 Å². The molecule has 2 unspecified atom stereocenters. The van der Waals surface area contributed by atoms with Gasteiger partial charge >= 0.3 is 11.9 Å². The predicted molar refractivity (Wildman–Crippen MR) is 51.9 cm³/mol. The number of fused-ring (bicyclic) bond motifs is 1. The third kappa shape index (κ3) is 1.44. The van der Waals surface area contributed by atoms with Gasteiger partial charge in [0.05, 0.1) is 19.6 Å². The van der Waals surface area contributed by atoms with Gasteiger partial charge in [-0.3, -0.25) is 4.79 Å². The Hall–Kier alpha value is -1.32. The van der Waals surface area contributed by atoms with Crippen LogP contribution < -0.4 is 0 Å². The number of allylic oxidation sites excluding steroid dienone is 1. The van der Waals surface area contributed by atoms with E-state index in [2.05, 4.69) is 4.74 Å². The van der Waals surface area contributed by atoms with Crippen LogP contribution in [0.2, 0.25) is 0 Å². The lowest BCUT2D eigenvalue weighted by Gasteiger charge is -2.18. The minimum atomic E-state index is -0.327. The second kappa shape index (κ2) is 3.36. The summed E-state index contributed by atoms with van der Waals surface area (Å²) in [6, 6.07) is 0. The van der Waals surface area contributed by atoms with Crippen molar-refractivity contribution < 1.29 is 19.1 Å². The predicted octanol–water partition coefficient (Wildman–Crippen LogP) is 1.06. The van der Waals surface area contributed by atoms with Crippen LogP contribution in [0.15, 0.2) is 11.6 Å². The molecule has 1 saturated carbocycles. The maximum atomic E-state index is 11.5. The largest absolute Gasteiger partial charge is 0.469 e. The number of ether oxygens (including phenoxy) is 2. The molecule has 4 heteroatoms. The Balaban J connectivity index is 2.11. The Kier molecular flexibility index (Phi) is 2.29. The molecule has 0 N–H and O–H groups in total. The summed E-state index contributed by atoms with van der Waals surface area (Å²) in [5.41, 5.74) is 0.367. The monoisotopic (exact) mass is 210 g/mol. The lowest BCUT2D eigenvalue weighted by Crippen LogP contribution is -2.23. The smallest absolute Gasteiger partial charge is 0.333 e. The summed E-state index contributed by atoms with van der Waals surface area (Å²) in [5, 5.41) is 0. The maximum Gasteiger partial charge on any atom is 0.333 e. The van der Waals surface area contributed by atoms with Gasteiger partial charge in [0, 0.05) is 5.57 Å². The fourth-order valence-electron chi connectivity index (χ4n) is 2.36. The van der Waals surface area contributed by atoms with E-state index in [0.29, 0.717) is 18.4 Å². The summed E-state index contributed by atoms with van der Waals surface area (Å²) in [6.07, 6.45) is 3.98. The van der Waals surface area contributed by atoms with Crippen LogP contribution in [0.4, 0.5) is 0 Å². The van der Waals surface area contributed by atoms with Crippen molar-refractivity contribution in [2.75, 3.05) is 14.2 Å². The van der Waals surface area contributed by atoms with E-state index in [1.807, 2.05) is 6.08 Å². The quantitative estimate of drug-likeness (QED) is 0.639. The first-order valence-electron chi connectivity index (χ1n) is 5.01. The summed E-state index contributed by atoms with van der Waals surface area (Å²) >= 11 is 0. The van der Waals surface area contributed by atoms with Gasteiger partial charge in [-0.1, -0.05) is 6.08 Å². The average Bonchev–Trinajstić information content (AvgIpc) is 3.01. The van der Waals surface area contributed by atoms with Gasteiger partial charge in [-0.05, 0) is 25.2 Å². The molecule has 0 aromatic heterocycles. The number of hydrogen-bond acceptors (Lipinski definition) is 4. The van der Waals surface area contributed by atoms with Crippen LogP contribution in [0, 0.1) is 11.3 Å². The van der Waals surface area contributed by atoms with Gasteiger partial charge in [0.15, 0.2) is 0 Å². The highest BCUT2D eigenvalue weighted by Gasteiger charge is 2.61. The van der Waals surface area contributed by atoms with Gasteiger partial charge in [0.1, 0.15) is 0 Å². The molecule has 2 aliphatic carbocycles. The topological polar surface area (TPSA) is 52.6 Å². The molecule has 1 fully saturated rings. The Morgan fingerprint density at radius 1 is 1.40 bits per heavy atom. The molecule has 2 atom stereocenters. The summed E-state index contributed by atoms with van der Waals surface area (Å²) in [7, 11) is 2.78. The molecule has 0 heterocycles. The zero-order valence-corrected chi connectivity index (χ0v) is 8.91. The second-order valence-electron chi connectivity index (χ2n) is 4.14. The van der Waals surface area contributed by atoms with E-state index in [1.54, 1.807) is 0 Å². The number of rotatable bonds is 2. The first kappa shape index (κ1) is 10.2. The van der Waals surface area contributed by atoms with E-state index >= 15 is 0 Å². The first-order chi connectivity index (χ1) is 7.14. The summed E-state index contributed by atoms with van der Waals surface area (Å²) < 4.78 is 9.42. The van der Waals surface area contributed by atoms with E-state index in [0.717, 1.165) is 6.42 Å². The zero-order chi connectivity index (χ0) is 11.1. The summed E-state index contributed by atoms with van der Waals surface area (Å²) in [4.78, 5) is 22.8. The van der Waals surface area contributed by atoms with Crippen LogP contribution in [0.25, 0.3) is 0 Å². The molecule has 0 spiro atoms. The average molecular weight is 210 g/mol.